The van der Waals surface area contributed by atoms with Gasteiger partial charge in [0.2, 0.25) is 0 Å². The Balaban J connectivity index is 2.50. The maximum atomic E-state index is 12.5. The van der Waals surface area contributed by atoms with Crippen molar-refractivity contribution in [1.29, 1.82) is 0 Å². The van der Waals surface area contributed by atoms with E-state index >= 15 is 0 Å². The molecule has 1 aromatic carbocycles. The number of nitrogen functional groups attached to an aromatic ring is 1. The molecule has 0 aliphatic heterocycles. The summed E-state index contributed by atoms with van der Waals surface area (Å²) in [5.74, 6) is 0.516. The van der Waals surface area contributed by atoms with Crippen LogP contribution < -0.4 is 10.5 Å². The maximum Gasteiger partial charge on any atom is 0.266 e. The Hall–Kier alpha value is -1.79. The zero-order chi connectivity index (χ0) is 14.7. The van der Waals surface area contributed by atoms with E-state index in [9.17, 15) is 4.79 Å². The van der Waals surface area contributed by atoms with Crippen molar-refractivity contribution in [3.05, 3.63) is 23.1 Å². The number of benzene rings is 1. The van der Waals surface area contributed by atoms with Crippen molar-refractivity contribution >= 4 is 33.0 Å². The second-order valence-electron chi connectivity index (χ2n) is 4.29. The predicted molar refractivity (Wildman–Crippen MR) is 81.5 cm³/mol. The van der Waals surface area contributed by atoms with Crippen LogP contribution in [0, 0.1) is 0 Å². The molecule has 108 valence electrons. The molecule has 0 atom stereocenters. The van der Waals surface area contributed by atoms with E-state index in [2.05, 4.69) is 0 Å². The molecule has 1 heterocycles. The van der Waals surface area contributed by atoms with Gasteiger partial charge in [-0.25, -0.2) is 0 Å². The van der Waals surface area contributed by atoms with Gasteiger partial charge >= 0.3 is 0 Å². The molecular formula is C14H18N2O3S. The highest BCUT2D eigenvalue weighted by Gasteiger charge is 2.22. The van der Waals surface area contributed by atoms with E-state index in [1.54, 1.807) is 12.0 Å². The normalized spacial score (nSPS) is 10.8. The maximum absolute atomic E-state index is 12.5. The van der Waals surface area contributed by atoms with Gasteiger partial charge in [0.1, 0.15) is 10.6 Å². The van der Waals surface area contributed by atoms with Crippen LogP contribution in [0.4, 0.5) is 5.69 Å². The minimum atomic E-state index is -0.151. The Bertz CT molecular complexity index is 624. The Morgan fingerprint density at radius 3 is 2.85 bits per heavy atom. The summed E-state index contributed by atoms with van der Waals surface area (Å²) in [6.45, 7) is 2.65. The lowest BCUT2D eigenvalue weighted by Gasteiger charge is -2.18. The number of thiophene rings is 1. The van der Waals surface area contributed by atoms with E-state index in [-0.39, 0.29) is 12.5 Å². The van der Waals surface area contributed by atoms with Crippen molar-refractivity contribution in [3.63, 3.8) is 0 Å². The van der Waals surface area contributed by atoms with Crippen molar-refractivity contribution in [2.75, 3.05) is 32.5 Å². The lowest BCUT2D eigenvalue weighted by molar-refractivity contribution is 0.0738. The standard InChI is InChI=1S/C14H18N2O3S/c1-3-16(7-8-17)14(18)13-12(15)11-9(19-2)5-4-6-10(11)20-13/h4-6,17H,3,7-8,15H2,1-2H3. The van der Waals surface area contributed by atoms with Crippen LogP contribution in [-0.2, 0) is 0 Å². The van der Waals surface area contributed by atoms with Crippen molar-refractivity contribution in [1.82, 2.24) is 4.90 Å². The fraction of sp³-hybridized carbons (Fsp3) is 0.357. The van der Waals surface area contributed by atoms with Gasteiger partial charge in [0.25, 0.3) is 5.91 Å². The molecule has 1 amide bonds. The number of hydrogen-bond acceptors (Lipinski definition) is 5. The third-order valence-corrected chi connectivity index (χ3v) is 4.33. The number of hydrogen-bond donors (Lipinski definition) is 2. The molecule has 2 rings (SSSR count). The van der Waals surface area contributed by atoms with Crippen LogP contribution in [0.3, 0.4) is 0 Å². The highest BCUT2D eigenvalue weighted by molar-refractivity contribution is 7.21. The average molecular weight is 294 g/mol. The minimum absolute atomic E-state index is 0.0618. The first-order chi connectivity index (χ1) is 9.63. The number of fused-ring (bicyclic) bond motifs is 1. The average Bonchev–Trinajstić information content (AvgIpc) is 2.81. The lowest BCUT2D eigenvalue weighted by Crippen LogP contribution is -2.33. The summed E-state index contributed by atoms with van der Waals surface area (Å²) in [5.41, 5.74) is 6.57. The molecule has 0 fully saturated rings. The summed E-state index contributed by atoms with van der Waals surface area (Å²) in [6, 6.07) is 5.61. The largest absolute Gasteiger partial charge is 0.496 e. The number of carbonyl (C=O) groups is 1. The molecular weight excluding hydrogens is 276 g/mol. The summed E-state index contributed by atoms with van der Waals surface area (Å²) >= 11 is 1.35. The molecule has 0 saturated carbocycles. The quantitative estimate of drug-likeness (QED) is 0.883. The van der Waals surface area contributed by atoms with E-state index in [4.69, 9.17) is 15.6 Å². The van der Waals surface area contributed by atoms with Gasteiger partial charge in [0, 0.05) is 17.8 Å². The van der Waals surface area contributed by atoms with Crippen LogP contribution in [-0.4, -0.2) is 42.7 Å². The molecule has 0 unspecified atom stereocenters. The molecule has 20 heavy (non-hydrogen) atoms. The summed E-state index contributed by atoms with van der Waals surface area (Å²) < 4.78 is 6.22. The van der Waals surface area contributed by atoms with E-state index in [0.29, 0.717) is 29.4 Å². The predicted octanol–water partition coefficient (Wildman–Crippen LogP) is 1.95. The number of amides is 1. The first kappa shape index (κ1) is 14.6. The minimum Gasteiger partial charge on any atom is -0.496 e. The van der Waals surface area contributed by atoms with Crippen molar-refractivity contribution < 1.29 is 14.6 Å². The topological polar surface area (TPSA) is 75.8 Å². The Labute approximate surface area is 121 Å². The Morgan fingerprint density at radius 2 is 2.25 bits per heavy atom. The number of carbonyl (C=O) groups excluding carboxylic acids is 1. The van der Waals surface area contributed by atoms with Gasteiger partial charge in [0.05, 0.1) is 24.8 Å². The van der Waals surface area contributed by atoms with Gasteiger partial charge in [-0.15, -0.1) is 11.3 Å². The number of nitrogens with zero attached hydrogens (tertiary/aromatic N) is 1. The number of aliphatic hydroxyl groups excluding tert-OH is 1. The highest BCUT2D eigenvalue weighted by Crippen LogP contribution is 2.39. The fourth-order valence-electron chi connectivity index (χ4n) is 2.14. The summed E-state index contributed by atoms with van der Waals surface area (Å²) in [5, 5.41) is 9.79. The second kappa shape index (κ2) is 6.11. The monoisotopic (exact) mass is 294 g/mol. The number of nitrogens with two attached hydrogens (primary N) is 1. The van der Waals surface area contributed by atoms with Crippen LogP contribution in [0.2, 0.25) is 0 Å². The van der Waals surface area contributed by atoms with Crippen LogP contribution in [0.1, 0.15) is 16.6 Å². The smallest absolute Gasteiger partial charge is 0.266 e. The van der Waals surface area contributed by atoms with Gasteiger partial charge < -0.3 is 20.5 Å². The molecule has 0 aliphatic carbocycles. The molecule has 0 spiro atoms. The molecule has 6 heteroatoms. The molecule has 5 nitrogen and oxygen atoms in total. The van der Waals surface area contributed by atoms with Crippen molar-refractivity contribution in [2.45, 2.75) is 6.92 Å². The number of anilines is 1. The van der Waals surface area contributed by atoms with Crippen LogP contribution in [0.5, 0.6) is 5.75 Å². The zero-order valence-corrected chi connectivity index (χ0v) is 12.4. The fourth-order valence-corrected chi connectivity index (χ4v) is 3.24. The van der Waals surface area contributed by atoms with Crippen molar-refractivity contribution in [3.8, 4) is 5.75 Å². The molecule has 3 N–H and O–H groups in total. The highest BCUT2D eigenvalue weighted by atomic mass is 32.1. The molecule has 2 aromatic rings. The molecule has 0 saturated heterocycles. The number of likely N-dealkylation sites (N-methyl/N-ethyl adjacent to an activating group) is 1. The number of rotatable bonds is 5. The Kier molecular flexibility index (Phi) is 4.46. The Morgan fingerprint density at radius 1 is 1.50 bits per heavy atom. The van der Waals surface area contributed by atoms with E-state index in [0.717, 1.165) is 10.1 Å². The van der Waals surface area contributed by atoms with Gasteiger partial charge in [-0.1, -0.05) is 6.07 Å². The first-order valence-corrected chi connectivity index (χ1v) is 7.20. The second-order valence-corrected chi connectivity index (χ2v) is 5.34. The van der Waals surface area contributed by atoms with E-state index < -0.39 is 0 Å². The van der Waals surface area contributed by atoms with Gasteiger partial charge in [-0.2, -0.15) is 0 Å². The first-order valence-electron chi connectivity index (χ1n) is 6.39. The third kappa shape index (κ3) is 2.44. The SMILES string of the molecule is CCN(CCO)C(=O)c1sc2cccc(OC)c2c1N. The summed E-state index contributed by atoms with van der Waals surface area (Å²) in [6.07, 6.45) is 0. The molecule has 1 aromatic heterocycles. The molecule has 0 bridgehead atoms. The van der Waals surface area contributed by atoms with Crippen molar-refractivity contribution in [2.24, 2.45) is 0 Å². The van der Waals surface area contributed by atoms with Gasteiger partial charge in [-0.3, -0.25) is 4.79 Å². The molecule has 0 aliphatic rings. The van der Waals surface area contributed by atoms with Gasteiger partial charge in [-0.05, 0) is 19.1 Å². The van der Waals surface area contributed by atoms with Crippen LogP contribution >= 0.6 is 11.3 Å². The number of ether oxygens (including phenoxy) is 1. The summed E-state index contributed by atoms with van der Waals surface area (Å²) in [4.78, 5) is 14.5. The summed E-state index contributed by atoms with van der Waals surface area (Å²) in [7, 11) is 1.58. The number of aliphatic hydroxyl groups is 1. The zero-order valence-electron chi connectivity index (χ0n) is 11.5. The third-order valence-electron chi connectivity index (χ3n) is 3.17. The molecule has 0 radical (unpaired) electrons. The number of methoxy groups -OCH3 is 1. The van der Waals surface area contributed by atoms with E-state index in [1.807, 2.05) is 25.1 Å². The lowest BCUT2D eigenvalue weighted by atomic mass is 10.2. The van der Waals surface area contributed by atoms with Gasteiger partial charge in [0.15, 0.2) is 0 Å². The van der Waals surface area contributed by atoms with E-state index in [1.165, 1.54) is 11.3 Å². The van der Waals surface area contributed by atoms with Crippen LogP contribution in [0.25, 0.3) is 10.1 Å². The van der Waals surface area contributed by atoms with Crippen LogP contribution in [0.15, 0.2) is 18.2 Å².